The van der Waals surface area contributed by atoms with Gasteiger partial charge < -0.3 is 4.74 Å². The first-order chi connectivity index (χ1) is 20.9. The topological polar surface area (TPSA) is 123 Å². The fourth-order valence-electron chi connectivity index (χ4n) is 4.24. The van der Waals surface area contributed by atoms with Gasteiger partial charge in [0, 0.05) is 21.5 Å². The number of sulfonamides is 2. The van der Waals surface area contributed by atoms with Crippen molar-refractivity contribution in [3.8, 4) is 5.75 Å². The Bertz CT molecular complexity index is 2210. The number of nitrogens with zero attached hydrogens (tertiary/aromatic N) is 3. The van der Waals surface area contributed by atoms with Gasteiger partial charge in [0.05, 0.1) is 21.2 Å². The lowest BCUT2D eigenvalue weighted by Gasteiger charge is -2.30. The molecule has 1 aromatic heterocycles. The predicted molar refractivity (Wildman–Crippen MR) is 165 cm³/mol. The molecule has 0 spiro atoms. The van der Waals surface area contributed by atoms with Crippen LogP contribution in [-0.4, -0.2) is 36.7 Å². The highest BCUT2D eigenvalue weighted by molar-refractivity contribution is 8.19. The van der Waals surface area contributed by atoms with Crippen molar-refractivity contribution in [3.63, 3.8) is 0 Å². The molecule has 0 radical (unpaired) electrons. The summed E-state index contributed by atoms with van der Waals surface area (Å²) in [4.78, 5) is 20.9. The van der Waals surface area contributed by atoms with Crippen LogP contribution in [0.25, 0.3) is 10.9 Å². The molecule has 6 rings (SSSR count). The highest BCUT2D eigenvalue weighted by atomic mass is 35.5. The number of halogens is 3. The lowest BCUT2D eigenvalue weighted by molar-refractivity contribution is 0.0736. The Morgan fingerprint density at radius 2 is 1.66 bits per heavy atom. The van der Waals surface area contributed by atoms with E-state index in [2.05, 4.69) is 9.98 Å². The minimum absolute atomic E-state index is 0.00166. The Hall–Kier alpha value is -4.01. The zero-order valence-corrected chi connectivity index (χ0v) is 25.8. The number of para-hydroxylation sites is 1. The second kappa shape index (κ2) is 11.5. The molecular weight excluding hydrogens is 672 g/mol. The number of esters is 1. The molecule has 2 heterocycles. The summed E-state index contributed by atoms with van der Waals surface area (Å²) in [5.74, 6) is -1.45. The number of fused-ring (bicyclic) bond motifs is 2. The zero-order chi connectivity index (χ0) is 31.2. The Balaban J connectivity index is 1.48. The first kappa shape index (κ1) is 30.0. The molecular formula is C29H16Cl2FN3O6S3. The molecule has 0 N–H and O–H groups in total. The monoisotopic (exact) mass is 687 g/mol. The van der Waals surface area contributed by atoms with E-state index in [1.54, 1.807) is 24.3 Å². The predicted octanol–water partition coefficient (Wildman–Crippen LogP) is 7.07. The van der Waals surface area contributed by atoms with Gasteiger partial charge in [-0.1, -0.05) is 41.4 Å². The van der Waals surface area contributed by atoms with E-state index in [4.69, 9.17) is 27.9 Å². The van der Waals surface area contributed by atoms with E-state index >= 15 is 0 Å². The van der Waals surface area contributed by atoms with Crippen molar-refractivity contribution in [1.29, 1.82) is 0 Å². The van der Waals surface area contributed by atoms with Gasteiger partial charge in [-0.2, -0.15) is 16.8 Å². The van der Waals surface area contributed by atoms with Gasteiger partial charge in [0.15, 0.2) is 10.9 Å². The van der Waals surface area contributed by atoms with Gasteiger partial charge in [-0.25, -0.2) is 14.2 Å². The second-order valence-electron chi connectivity index (χ2n) is 9.13. The number of hydrogen-bond donors (Lipinski definition) is 0. The van der Waals surface area contributed by atoms with E-state index in [9.17, 15) is 26.0 Å². The van der Waals surface area contributed by atoms with Crippen LogP contribution in [0, 0.1) is 5.82 Å². The van der Waals surface area contributed by atoms with Gasteiger partial charge in [0.25, 0.3) is 20.0 Å². The molecule has 4 aromatic carbocycles. The molecule has 0 saturated carbocycles. The lowest BCUT2D eigenvalue weighted by Crippen LogP contribution is -2.42. The number of carbonyl (C=O) groups is 1. The summed E-state index contributed by atoms with van der Waals surface area (Å²) < 4.78 is 75.2. The van der Waals surface area contributed by atoms with E-state index in [1.165, 1.54) is 42.6 Å². The molecule has 0 aliphatic carbocycles. The minimum atomic E-state index is -4.95. The maximum atomic E-state index is 14.1. The molecule has 5 aromatic rings. The first-order valence-electron chi connectivity index (χ1n) is 12.4. The highest BCUT2D eigenvalue weighted by Gasteiger charge is 2.45. The molecule has 0 amide bonds. The Kier molecular flexibility index (Phi) is 7.84. The van der Waals surface area contributed by atoms with Crippen molar-refractivity contribution < 1.29 is 30.8 Å². The minimum Gasteiger partial charge on any atom is -0.421 e. The normalized spacial score (nSPS) is 15.2. The van der Waals surface area contributed by atoms with Crippen molar-refractivity contribution >= 4 is 82.7 Å². The molecule has 44 heavy (non-hydrogen) atoms. The average molecular weight is 689 g/mol. The van der Waals surface area contributed by atoms with E-state index < -0.39 is 46.8 Å². The number of ether oxygens (including phenoxy) is 1. The number of thioether (sulfide) groups is 1. The molecule has 0 fully saturated rings. The van der Waals surface area contributed by atoms with Crippen LogP contribution in [0.3, 0.4) is 0 Å². The van der Waals surface area contributed by atoms with Crippen LogP contribution in [-0.2, 0) is 20.0 Å². The summed E-state index contributed by atoms with van der Waals surface area (Å²) >= 11 is 13.1. The van der Waals surface area contributed by atoms with E-state index in [1.807, 2.05) is 0 Å². The fraction of sp³-hybridized carbons (Fsp3) is 0. The fourth-order valence-corrected chi connectivity index (χ4v) is 10.1. The van der Waals surface area contributed by atoms with E-state index in [0.29, 0.717) is 22.7 Å². The summed E-state index contributed by atoms with van der Waals surface area (Å²) in [7, 11) is -9.77. The third-order valence-electron chi connectivity index (χ3n) is 6.29. The number of aliphatic imine (C=N–C) groups is 1. The molecule has 222 valence electrons. The maximum Gasteiger partial charge on any atom is 0.345 e. The van der Waals surface area contributed by atoms with Crippen molar-refractivity contribution in [2.75, 3.05) is 0 Å². The third kappa shape index (κ3) is 5.53. The Morgan fingerprint density at radius 3 is 2.39 bits per heavy atom. The zero-order valence-electron chi connectivity index (χ0n) is 21.9. The van der Waals surface area contributed by atoms with Gasteiger partial charge in [0.1, 0.15) is 16.2 Å². The SMILES string of the molecule is O=C(Oc1cccc2cccnc12)c1cc2c(cc1Cl)SC(=Nc1ccc(F)cc1)N(S(=O)(=O)c1ccc(Cl)cc1)S2(=O)=O. The van der Waals surface area contributed by atoms with E-state index in [0.717, 1.165) is 30.3 Å². The summed E-state index contributed by atoms with van der Waals surface area (Å²) in [6, 6.07) is 20.2. The van der Waals surface area contributed by atoms with Crippen LogP contribution < -0.4 is 4.74 Å². The Morgan fingerprint density at radius 1 is 0.955 bits per heavy atom. The molecule has 1 aliphatic rings. The van der Waals surface area contributed by atoms with Gasteiger partial charge in [-0.15, -0.1) is 3.71 Å². The van der Waals surface area contributed by atoms with Crippen LogP contribution in [0.5, 0.6) is 5.75 Å². The number of rotatable bonds is 5. The number of amidine groups is 1. The van der Waals surface area contributed by atoms with Crippen molar-refractivity contribution in [3.05, 3.63) is 119 Å². The van der Waals surface area contributed by atoms with Gasteiger partial charge >= 0.3 is 5.97 Å². The largest absolute Gasteiger partial charge is 0.421 e. The highest BCUT2D eigenvalue weighted by Crippen LogP contribution is 2.43. The quantitative estimate of drug-likeness (QED) is 0.142. The van der Waals surface area contributed by atoms with E-state index in [-0.39, 0.29) is 35.7 Å². The van der Waals surface area contributed by atoms with Crippen LogP contribution in [0.2, 0.25) is 10.0 Å². The molecule has 0 saturated heterocycles. The molecule has 0 atom stereocenters. The standard InChI is InChI=1S/C29H16Cl2FN3O6S3/c30-18-6-12-21(13-7-18)43(37,38)35-29(34-20-10-8-19(32)9-11-20)42-25-16-23(31)22(15-26(25)44(35,39)40)28(36)41-24-5-1-3-17-4-2-14-33-27(17)24/h1-16H. The number of aromatic nitrogens is 1. The number of benzene rings is 4. The van der Waals surface area contributed by atoms with Gasteiger partial charge in [-0.3, -0.25) is 4.98 Å². The van der Waals surface area contributed by atoms with Gasteiger partial charge in [-0.05, 0) is 84.6 Å². The maximum absolute atomic E-state index is 14.1. The molecule has 0 bridgehead atoms. The molecule has 9 nitrogen and oxygen atoms in total. The number of hydrogen-bond acceptors (Lipinski definition) is 9. The van der Waals surface area contributed by atoms with Crippen LogP contribution in [0.1, 0.15) is 10.4 Å². The molecule has 15 heteroatoms. The summed E-state index contributed by atoms with van der Waals surface area (Å²) in [6.07, 6.45) is 1.52. The van der Waals surface area contributed by atoms with Crippen molar-refractivity contribution in [2.45, 2.75) is 14.7 Å². The third-order valence-corrected chi connectivity index (χ3v) is 12.4. The average Bonchev–Trinajstić information content (AvgIpc) is 2.98. The lowest BCUT2D eigenvalue weighted by atomic mass is 10.2. The van der Waals surface area contributed by atoms with Crippen LogP contribution in [0.4, 0.5) is 10.1 Å². The summed E-state index contributed by atoms with van der Waals surface area (Å²) in [5, 5.41) is 0.293. The summed E-state index contributed by atoms with van der Waals surface area (Å²) in [6.45, 7) is 0. The smallest absolute Gasteiger partial charge is 0.345 e. The molecule has 0 unspecified atom stereocenters. The first-order valence-corrected chi connectivity index (χ1v) is 16.9. The Labute approximate surface area is 265 Å². The van der Waals surface area contributed by atoms with Crippen LogP contribution in [0.15, 0.2) is 117 Å². The second-order valence-corrected chi connectivity index (χ2v) is 14.8. The van der Waals surface area contributed by atoms with Crippen LogP contribution >= 0.6 is 35.0 Å². The summed E-state index contributed by atoms with van der Waals surface area (Å²) in [5.41, 5.74) is 0.145. The molecule has 1 aliphatic heterocycles. The van der Waals surface area contributed by atoms with Crippen molar-refractivity contribution in [1.82, 2.24) is 8.69 Å². The van der Waals surface area contributed by atoms with Gasteiger partial charge in [0.2, 0.25) is 0 Å². The van der Waals surface area contributed by atoms with Crippen molar-refractivity contribution in [2.24, 2.45) is 4.99 Å². The number of pyridine rings is 1. The number of carbonyl (C=O) groups excluding carboxylic acids is 1.